The second-order valence-corrected chi connectivity index (χ2v) is 5.64. The lowest BCUT2D eigenvalue weighted by atomic mass is 10.2. The molecule has 1 amide bonds. The average molecular weight is 284 g/mol. The van der Waals surface area contributed by atoms with Crippen LogP contribution in [0.25, 0.3) is 0 Å². The van der Waals surface area contributed by atoms with E-state index in [1.54, 1.807) is 11.9 Å². The second kappa shape index (κ2) is 5.33. The van der Waals surface area contributed by atoms with Crippen LogP contribution in [0.5, 0.6) is 0 Å². The third-order valence-electron chi connectivity index (χ3n) is 3.30. The van der Waals surface area contributed by atoms with Gasteiger partial charge in [-0.25, -0.2) is 4.98 Å². The Morgan fingerprint density at radius 2 is 2.21 bits per heavy atom. The van der Waals surface area contributed by atoms with Crippen molar-refractivity contribution in [3.63, 3.8) is 0 Å². The van der Waals surface area contributed by atoms with Crippen LogP contribution in [-0.2, 0) is 11.3 Å². The smallest absolute Gasteiger partial charge is 0.255 e. The molecule has 1 saturated carbocycles. The number of carbonyl (C=O) groups is 1. The predicted molar refractivity (Wildman–Crippen MR) is 73.4 cm³/mol. The maximum absolute atomic E-state index is 12.1. The van der Waals surface area contributed by atoms with E-state index in [-0.39, 0.29) is 29.1 Å². The van der Waals surface area contributed by atoms with Gasteiger partial charge in [-0.05, 0) is 12.8 Å². The molecule has 1 aromatic rings. The number of amides is 1. The van der Waals surface area contributed by atoms with Crippen LogP contribution in [0.4, 0.5) is 0 Å². The molecule has 0 bridgehead atoms. The van der Waals surface area contributed by atoms with Gasteiger partial charge >= 0.3 is 0 Å². The third kappa shape index (κ3) is 3.15. The van der Waals surface area contributed by atoms with E-state index in [9.17, 15) is 9.59 Å². The summed E-state index contributed by atoms with van der Waals surface area (Å²) < 4.78 is 1.41. The highest BCUT2D eigenvalue weighted by Gasteiger charge is 2.30. The Bertz CT molecular complexity index is 549. The molecule has 0 aliphatic heterocycles. The number of rotatable bonds is 4. The first kappa shape index (κ1) is 14.1. The molecule has 1 aromatic heterocycles. The molecule has 1 fully saturated rings. The van der Waals surface area contributed by atoms with Crippen molar-refractivity contribution in [1.29, 1.82) is 0 Å². The molecule has 104 valence electrons. The van der Waals surface area contributed by atoms with Gasteiger partial charge in [-0.1, -0.05) is 25.4 Å². The van der Waals surface area contributed by atoms with Crippen molar-refractivity contribution in [2.24, 2.45) is 0 Å². The zero-order valence-electron chi connectivity index (χ0n) is 11.4. The van der Waals surface area contributed by atoms with Crippen LogP contribution in [0.15, 0.2) is 10.9 Å². The molecule has 1 aliphatic rings. The molecule has 0 spiro atoms. The Hall–Kier alpha value is -1.36. The molecule has 2 rings (SSSR count). The van der Waals surface area contributed by atoms with Crippen LogP contribution in [0.3, 0.4) is 0 Å². The van der Waals surface area contributed by atoms with Gasteiger partial charge in [0.15, 0.2) is 0 Å². The SMILES string of the molecule is CC(C)c1nc(Cl)cc(=O)n1CC(=O)N(C)C1CC1. The monoisotopic (exact) mass is 283 g/mol. The summed E-state index contributed by atoms with van der Waals surface area (Å²) in [6, 6.07) is 1.59. The summed E-state index contributed by atoms with van der Waals surface area (Å²) in [6.45, 7) is 3.87. The molecule has 0 atom stereocenters. The van der Waals surface area contributed by atoms with Gasteiger partial charge in [0.05, 0.1) is 0 Å². The summed E-state index contributed by atoms with van der Waals surface area (Å²) in [7, 11) is 1.78. The lowest BCUT2D eigenvalue weighted by molar-refractivity contribution is -0.131. The normalized spacial score (nSPS) is 14.8. The van der Waals surface area contributed by atoms with Gasteiger partial charge in [0.1, 0.15) is 17.5 Å². The average Bonchev–Trinajstić information content (AvgIpc) is 3.14. The van der Waals surface area contributed by atoms with E-state index < -0.39 is 0 Å². The number of hydrogen-bond acceptors (Lipinski definition) is 3. The van der Waals surface area contributed by atoms with E-state index >= 15 is 0 Å². The van der Waals surface area contributed by atoms with Crippen molar-refractivity contribution in [2.75, 3.05) is 7.05 Å². The predicted octanol–water partition coefficient (Wildman–Crippen LogP) is 1.64. The molecule has 0 saturated heterocycles. The van der Waals surface area contributed by atoms with E-state index in [4.69, 9.17) is 11.6 Å². The Kier molecular flexibility index (Phi) is 3.94. The minimum Gasteiger partial charge on any atom is -0.341 e. The lowest BCUT2D eigenvalue weighted by Crippen LogP contribution is -2.36. The van der Waals surface area contributed by atoms with Crippen LogP contribution >= 0.6 is 11.6 Å². The Morgan fingerprint density at radius 3 is 2.74 bits per heavy atom. The summed E-state index contributed by atoms with van der Waals surface area (Å²) in [5.41, 5.74) is -0.277. The maximum atomic E-state index is 12.1. The third-order valence-corrected chi connectivity index (χ3v) is 3.50. The van der Waals surface area contributed by atoms with Crippen LogP contribution in [0, 0.1) is 0 Å². The zero-order chi connectivity index (χ0) is 14.2. The number of halogens is 1. The van der Waals surface area contributed by atoms with Crippen molar-refractivity contribution in [3.8, 4) is 0 Å². The first-order valence-electron chi connectivity index (χ1n) is 6.43. The molecule has 1 heterocycles. The first-order valence-corrected chi connectivity index (χ1v) is 6.81. The molecular weight excluding hydrogens is 266 g/mol. The van der Waals surface area contributed by atoms with Gasteiger partial charge in [0.25, 0.3) is 5.56 Å². The summed E-state index contributed by atoms with van der Waals surface area (Å²) >= 11 is 5.81. The van der Waals surface area contributed by atoms with Crippen LogP contribution in [-0.4, -0.2) is 33.4 Å². The molecule has 0 aromatic carbocycles. The minimum absolute atomic E-state index is 0.0313. The number of carbonyl (C=O) groups excluding carboxylic acids is 1. The molecule has 5 nitrogen and oxygen atoms in total. The molecule has 19 heavy (non-hydrogen) atoms. The highest BCUT2D eigenvalue weighted by molar-refractivity contribution is 6.29. The highest BCUT2D eigenvalue weighted by atomic mass is 35.5. The number of likely N-dealkylation sites (N-methyl/N-ethyl adjacent to an activating group) is 1. The minimum atomic E-state index is -0.277. The van der Waals surface area contributed by atoms with E-state index in [0.717, 1.165) is 12.8 Å². The van der Waals surface area contributed by atoms with Crippen molar-refractivity contribution in [3.05, 3.63) is 27.4 Å². The molecule has 1 aliphatic carbocycles. The van der Waals surface area contributed by atoms with Gasteiger partial charge in [-0.2, -0.15) is 0 Å². The van der Waals surface area contributed by atoms with Gasteiger partial charge in [-0.15, -0.1) is 0 Å². The van der Waals surface area contributed by atoms with Crippen molar-refractivity contribution < 1.29 is 4.79 Å². The quantitative estimate of drug-likeness (QED) is 0.790. The fourth-order valence-electron chi connectivity index (χ4n) is 2.01. The topological polar surface area (TPSA) is 55.2 Å². The fraction of sp³-hybridized carbons (Fsp3) is 0.615. The van der Waals surface area contributed by atoms with E-state index in [1.807, 2.05) is 13.8 Å². The largest absolute Gasteiger partial charge is 0.341 e. The van der Waals surface area contributed by atoms with Gasteiger partial charge in [-0.3, -0.25) is 14.2 Å². The number of nitrogens with zero attached hydrogens (tertiary/aromatic N) is 3. The summed E-state index contributed by atoms with van der Waals surface area (Å²) in [4.78, 5) is 30.0. The summed E-state index contributed by atoms with van der Waals surface area (Å²) in [6.07, 6.45) is 2.10. The fourth-order valence-corrected chi connectivity index (χ4v) is 2.19. The highest BCUT2D eigenvalue weighted by Crippen LogP contribution is 2.25. The Labute approximate surface area is 117 Å². The van der Waals surface area contributed by atoms with Crippen LogP contribution in [0.1, 0.15) is 38.4 Å². The Morgan fingerprint density at radius 1 is 1.58 bits per heavy atom. The van der Waals surface area contributed by atoms with Gasteiger partial charge in [0.2, 0.25) is 5.91 Å². The lowest BCUT2D eigenvalue weighted by Gasteiger charge is -2.19. The zero-order valence-corrected chi connectivity index (χ0v) is 12.1. The first-order chi connectivity index (χ1) is 8.90. The molecular formula is C13H18ClN3O2. The number of hydrogen-bond donors (Lipinski definition) is 0. The standard InChI is InChI=1S/C13H18ClN3O2/c1-8(2)13-15-10(14)6-11(18)17(13)7-12(19)16(3)9-4-5-9/h6,8-9H,4-5,7H2,1-3H3. The molecule has 0 N–H and O–H groups in total. The van der Waals surface area contributed by atoms with Crippen molar-refractivity contribution >= 4 is 17.5 Å². The second-order valence-electron chi connectivity index (χ2n) is 5.25. The van der Waals surface area contributed by atoms with Crippen molar-refractivity contribution in [1.82, 2.24) is 14.5 Å². The van der Waals surface area contributed by atoms with Crippen molar-refractivity contribution in [2.45, 2.75) is 45.2 Å². The van der Waals surface area contributed by atoms with E-state index in [0.29, 0.717) is 11.9 Å². The Balaban J connectivity index is 2.28. The van der Waals surface area contributed by atoms with E-state index in [1.165, 1.54) is 10.6 Å². The summed E-state index contributed by atoms with van der Waals surface area (Å²) in [5.74, 6) is 0.524. The molecule has 0 radical (unpaired) electrons. The van der Waals surface area contributed by atoms with E-state index in [2.05, 4.69) is 4.98 Å². The number of aromatic nitrogens is 2. The van der Waals surface area contributed by atoms with Crippen LogP contribution in [0.2, 0.25) is 5.15 Å². The van der Waals surface area contributed by atoms with Gasteiger partial charge in [0, 0.05) is 25.1 Å². The maximum Gasteiger partial charge on any atom is 0.255 e. The van der Waals surface area contributed by atoms with Gasteiger partial charge < -0.3 is 4.90 Å². The van der Waals surface area contributed by atoms with Crippen LogP contribution < -0.4 is 5.56 Å². The molecule has 6 heteroatoms. The summed E-state index contributed by atoms with van der Waals surface area (Å²) in [5, 5.41) is 0.174. The molecule has 0 unspecified atom stereocenters.